The van der Waals surface area contributed by atoms with Crippen LogP contribution in [0.1, 0.15) is 40.9 Å². The first-order chi connectivity index (χ1) is 14.4. The van der Waals surface area contributed by atoms with E-state index in [0.717, 1.165) is 17.7 Å². The number of ether oxygens (including phenoxy) is 1. The normalized spacial score (nSPS) is 25.6. The summed E-state index contributed by atoms with van der Waals surface area (Å²) in [4.78, 5) is 25.8. The molecule has 1 spiro atoms. The predicted octanol–water partition coefficient (Wildman–Crippen LogP) is 1.76. The number of alkyl halides is 2. The maximum atomic E-state index is 13.5. The fraction of sp³-hybridized carbons (Fsp3) is 0.600. The summed E-state index contributed by atoms with van der Waals surface area (Å²) in [5, 5.41) is 4.09. The topological polar surface area (TPSA) is 76.4 Å². The van der Waals surface area contributed by atoms with Gasteiger partial charge in [0.25, 0.3) is 11.8 Å². The van der Waals surface area contributed by atoms with Crippen molar-refractivity contribution in [2.45, 2.75) is 37.2 Å². The van der Waals surface area contributed by atoms with Crippen molar-refractivity contribution in [1.29, 1.82) is 0 Å². The number of carbonyl (C=O) groups excluding carboxylic acids is 1. The van der Waals surface area contributed by atoms with Crippen LogP contribution in [0.5, 0.6) is 0 Å². The van der Waals surface area contributed by atoms with Gasteiger partial charge in [-0.1, -0.05) is 0 Å². The number of hydrogen-bond donors (Lipinski definition) is 0. The monoisotopic (exact) mass is 418 g/mol. The Morgan fingerprint density at radius 2 is 1.97 bits per heavy atom. The summed E-state index contributed by atoms with van der Waals surface area (Å²) < 4.78 is 34.5. The zero-order chi connectivity index (χ0) is 20.9. The van der Waals surface area contributed by atoms with Crippen LogP contribution in [0, 0.1) is 0 Å². The van der Waals surface area contributed by atoms with Crippen molar-refractivity contribution in [2.24, 2.45) is 7.05 Å². The zero-order valence-corrected chi connectivity index (χ0v) is 16.9. The molecule has 2 aromatic rings. The molecule has 3 aliphatic heterocycles. The second-order valence-electron chi connectivity index (χ2n) is 8.54. The van der Waals surface area contributed by atoms with Gasteiger partial charge in [-0.2, -0.15) is 5.10 Å². The average molecular weight is 418 g/mol. The molecule has 3 aliphatic rings. The highest BCUT2D eigenvalue weighted by atomic mass is 19.3. The molecule has 0 radical (unpaired) electrons. The van der Waals surface area contributed by atoms with E-state index in [1.54, 1.807) is 30.3 Å². The number of aromatic nitrogens is 4. The summed E-state index contributed by atoms with van der Waals surface area (Å²) in [5.41, 5.74) is 1.95. The third kappa shape index (κ3) is 3.32. The van der Waals surface area contributed by atoms with Gasteiger partial charge in [0.2, 0.25) is 5.95 Å². The fourth-order valence-electron chi connectivity index (χ4n) is 4.64. The fourth-order valence-corrected chi connectivity index (χ4v) is 4.64. The maximum absolute atomic E-state index is 13.5. The lowest BCUT2D eigenvalue weighted by atomic mass is 9.80. The van der Waals surface area contributed by atoms with Crippen molar-refractivity contribution in [3.8, 4) is 0 Å². The number of anilines is 1. The summed E-state index contributed by atoms with van der Waals surface area (Å²) in [6.07, 6.45) is 5.40. The Bertz CT molecular complexity index is 970. The highest BCUT2D eigenvalue weighted by Gasteiger charge is 2.47. The molecule has 2 fully saturated rings. The van der Waals surface area contributed by atoms with Crippen molar-refractivity contribution in [2.75, 3.05) is 37.7 Å². The molecule has 0 aliphatic carbocycles. The van der Waals surface area contributed by atoms with Gasteiger partial charge in [-0.3, -0.25) is 9.48 Å². The van der Waals surface area contributed by atoms with E-state index < -0.39 is 11.3 Å². The molecule has 0 aromatic carbocycles. The predicted molar refractivity (Wildman–Crippen MR) is 103 cm³/mol. The van der Waals surface area contributed by atoms with Gasteiger partial charge in [0.05, 0.1) is 36.1 Å². The Morgan fingerprint density at radius 3 is 2.70 bits per heavy atom. The number of piperidine rings is 1. The van der Waals surface area contributed by atoms with Crippen LogP contribution < -0.4 is 4.90 Å². The number of nitrogens with zero attached hydrogens (tertiary/aromatic N) is 6. The molecule has 0 N–H and O–H groups in total. The number of halogens is 2. The van der Waals surface area contributed by atoms with Crippen LogP contribution in [0.2, 0.25) is 0 Å². The molecule has 30 heavy (non-hydrogen) atoms. The second kappa shape index (κ2) is 6.97. The summed E-state index contributed by atoms with van der Waals surface area (Å²) in [6, 6.07) is 0. The van der Waals surface area contributed by atoms with E-state index in [2.05, 4.69) is 10.1 Å². The van der Waals surface area contributed by atoms with E-state index in [4.69, 9.17) is 9.72 Å². The third-order valence-corrected chi connectivity index (χ3v) is 6.36. The van der Waals surface area contributed by atoms with Gasteiger partial charge in [0.1, 0.15) is 0 Å². The quantitative estimate of drug-likeness (QED) is 0.740. The number of aryl methyl sites for hydroxylation is 1. The summed E-state index contributed by atoms with van der Waals surface area (Å²) in [5.74, 6) is -2.18. The van der Waals surface area contributed by atoms with Gasteiger partial charge in [0.15, 0.2) is 0 Å². The molecule has 5 rings (SSSR count). The Hall–Kier alpha value is -2.62. The minimum Gasteiger partial charge on any atom is -0.376 e. The van der Waals surface area contributed by atoms with Crippen molar-refractivity contribution < 1.29 is 18.3 Å². The van der Waals surface area contributed by atoms with Gasteiger partial charge in [-0.25, -0.2) is 18.7 Å². The largest absolute Gasteiger partial charge is 0.376 e. The molecular formula is C20H24F2N6O2. The average Bonchev–Trinajstić information content (AvgIpc) is 3.35. The maximum Gasteiger partial charge on any atom is 0.257 e. The standard InChI is InChI=1S/C20H24F2N6O2/c1-26-10-14(9-24-26)17(29)28-5-2-19(12-28)13-30-11-15-8-23-18(25-16(15)19)27-6-3-20(21,22)4-7-27/h8-10H,2-7,11-13H2,1H3/t19-/m1/s1. The smallest absolute Gasteiger partial charge is 0.257 e. The highest BCUT2D eigenvalue weighted by molar-refractivity contribution is 5.94. The molecule has 8 nitrogen and oxygen atoms in total. The second-order valence-corrected chi connectivity index (χ2v) is 8.54. The van der Waals surface area contributed by atoms with Gasteiger partial charge in [-0.15, -0.1) is 0 Å². The summed E-state index contributed by atoms with van der Waals surface area (Å²) in [6.45, 7) is 2.48. The molecule has 10 heteroatoms. The molecule has 0 saturated carbocycles. The van der Waals surface area contributed by atoms with E-state index in [1.165, 1.54) is 0 Å². The van der Waals surface area contributed by atoms with E-state index in [0.29, 0.717) is 37.8 Å². The van der Waals surface area contributed by atoms with E-state index >= 15 is 0 Å². The minimum atomic E-state index is -2.61. The molecule has 2 saturated heterocycles. The third-order valence-electron chi connectivity index (χ3n) is 6.36. The molecule has 2 aromatic heterocycles. The van der Waals surface area contributed by atoms with Crippen LogP contribution in [0.3, 0.4) is 0 Å². The molecule has 5 heterocycles. The number of carbonyl (C=O) groups is 1. The van der Waals surface area contributed by atoms with Crippen LogP contribution in [0.15, 0.2) is 18.6 Å². The number of rotatable bonds is 2. The first-order valence-electron chi connectivity index (χ1n) is 10.2. The van der Waals surface area contributed by atoms with Crippen LogP contribution in [0.25, 0.3) is 0 Å². The number of likely N-dealkylation sites (tertiary alicyclic amines) is 1. The Balaban J connectivity index is 1.40. The Kier molecular flexibility index (Phi) is 4.49. The van der Waals surface area contributed by atoms with Crippen molar-refractivity contribution >= 4 is 11.9 Å². The molecule has 1 amide bonds. The molecule has 0 unspecified atom stereocenters. The number of hydrogen-bond acceptors (Lipinski definition) is 6. The van der Waals surface area contributed by atoms with Gasteiger partial charge in [0, 0.05) is 64.0 Å². The summed E-state index contributed by atoms with van der Waals surface area (Å²) in [7, 11) is 1.78. The highest BCUT2D eigenvalue weighted by Crippen LogP contribution is 2.40. The van der Waals surface area contributed by atoms with Crippen molar-refractivity contribution in [3.05, 3.63) is 35.4 Å². The lowest BCUT2D eigenvalue weighted by Gasteiger charge is -2.36. The van der Waals surface area contributed by atoms with Crippen molar-refractivity contribution in [3.63, 3.8) is 0 Å². The first-order valence-corrected chi connectivity index (χ1v) is 10.2. The van der Waals surface area contributed by atoms with Crippen LogP contribution in [-0.2, 0) is 23.8 Å². The van der Waals surface area contributed by atoms with Gasteiger partial charge >= 0.3 is 0 Å². The minimum absolute atomic E-state index is 0.0559. The molecule has 1 atom stereocenters. The lowest BCUT2D eigenvalue weighted by Crippen LogP contribution is -2.43. The molecule has 0 bridgehead atoms. The zero-order valence-electron chi connectivity index (χ0n) is 16.9. The first kappa shape index (κ1) is 19.3. The van der Waals surface area contributed by atoms with E-state index in [9.17, 15) is 13.6 Å². The van der Waals surface area contributed by atoms with Crippen molar-refractivity contribution in [1.82, 2.24) is 24.6 Å². The molecule has 160 valence electrons. The van der Waals surface area contributed by atoms with E-state index in [1.807, 2.05) is 9.80 Å². The van der Waals surface area contributed by atoms with Gasteiger partial charge < -0.3 is 14.5 Å². The molecular weight excluding hydrogens is 394 g/mol. The lowest BCUT2D eigenvalue weighted by molar-refractivity contribution is -0.0223. The number of fused-ring (bicyclic) bond motifs is 2. The SMILES string of the molecule is Cn1cc(C(=O)N2CC[C@]3(COCc4cnc(N5CCC(F)(F)CC5)nc43)C2)cn1. The van der Waals surface area contributed by atoms with Crippen LogP contribution >= 0.6 is 0 Å². The number of amides is 1. The van der Waals surface area contributed by atoms with Crippen LogP contribution in [0.4, 0.5) is 14.7 Å². The van der Waals surface area contributed by atoms with Crippen LogP contribution in [-0.4, -0.2) is 69.3 Å². The summed E-state index contributed by atoms with van der Waals surface area (Å²) >= 11 is 0. The Morgan fingerprint density at radius 1 is 1.17 bits per heavy atom. The Labute approximate surface area is 172 Å². The van der Waals surface area contributed by atoms with E-state index in [-0.39, 0.29) is 31.8 Å². The van der Waals surface area contributed by atoms with Gasteiger partial charge in [-0.05, 0) is 6.42 Å².